The van der Waals surface area contributed by atoms with Gasteiger partial charge in [0.2, 0.25) is 6.41 Å². The van der Waals surface area contributed by atoms with Gasteiger partial charge in [-0.25, -0.2) is 0 Å². The zero-order valence-electron chi connectivity index (χ0n) is 7.00. The third kappa shape index (κ3) is 4.42. The topological polar surface area (TPSA) is 49.3 Å². The normalized spacial score (nSPS) is 12.6. The Hall–Kier alpha value is -0.990. The number of carbonyl (C=O) groups excluding carboxylic acids is 1. The maximum absolute atomic E-state index is 10.0. The molecule has 2 N–H and O–H groups in total. The Morgan fingerprint density at radius 1 is 1.73 bits per heavy atom. The zero-order chi connectivity index (χ0) is 8.85. The van der Waals surface area contributed by atoms with Crippen molar-refractivity contribution in [2.45, 2.75) is 26.3 Å². The van der Waals surface area contributed by atoms with Crippen LogP contribution in [-0.2, 0) is 4.79 Å². The van der Waals surface area contributed by atoms with Gasteiger partial charge < -0.3 is 10.4 Å². The molecule has 0 aromatic carbocycles. The summed E-state index contributed by atoms with van der Waals surface area (Å²) >= 11 is 0. The first-order chi connectivity index (χ1) is 5.07. The van der Waals surface area contributed by atoms with E-state index in [9.17, 15) is 4.79 Å². The van der Waals surface area contributed by atoms with E-state index in [0.717, 1.165) is 0 Å². The molecular weight excluding hydrogens is 142 g/mol. The molecule has 0 unspecified atom stereocenters. The molecule has 3 nitrogen and oxygen atoms in total. The van der Waals surface area contributed by atoms with Crippen LogP contribution in [0.1, 0.15) is 20.3 Å². The van der Waals surface area contributed by atoms with Crippen LogP contribution >= 0.6 is 0 Å². The molecule has 1 amide bonds. The molecule has 0 heterocycles. The van der Waals surface area contributed by atoms with Gasteiger partial charge in [0.15, 0.2) is 0 Å². The van der Waals surface area contributed by atoms with Gasteiger partial charge >= 0.3 is 0 Å². The van der Waals surface area contributed by atoms with E-state index in [1.807, 2.05) is 13.8 Å². The van der Waals surface area contributed by atoms with Crippen LogP contribution in [0.15, 0.2) is 12.3 Å². The van der Waals surface area contributed by atoms with Gasteiger partial charge in [0.1, 0.15) is 5.76 Å². The number of hydrogen-bond donors (Lipinski definition) is 2. The molecule has 0 rings (SSSR count). The first-order valence-electron chi connectivity index (χ1n) is 3.65. The summed E-state index contributed by atoms with van der Waals surface area (Å²) in [6, 6.07) is -0.299. The van der Waals surface area contributed by atoms with Crippen molar-refractivity contribution in [1.29, 1.82) is 0 Å². The van der Waals surface area contributed by atoms with Crippen molar-refractivity contribution in [3.05, 3.63) is 12.3 Å². The van der Waals surface area contributed by atoms with Crippen molar-refractivity contribution in [2.75, 3.05) is 0 Å². The zero-order valence-corrected chi connectivity index (χ0v) is 7.00. The van der Waals surface area contributed by atoms with Crippen LogP contribution in [0.2, 0.25) is 0 Å². The van der Waals surface area contributed by atoms with Gasteiger partial charge in [-0.3, -0.25) is 4.79 Å². The van der Waals surface area contributed by atoms with Gasteiger partial charge in [-0.1, -0.05) is 20.4 Å². The summed E-state index contributed by atoms with van der Waals surface area (Å²) < 4.78 is 0. The summed E-state index contributed by atoms with van der Waals surface area (Å²) in [4.78, 5) is 10.0. The minimum atomic E-state index is -0.299. The fourth-order valence-corrected chi connectivity index (χ4v) is 0.854. The molecule has 0 radical (unpaired) electrons. The number of amides is 1. The molecular formula is C8H15NO2. The minimum Gasteiger partial charge on any atom is -0.511 e. The van der Waals surface area contributed by atoms with Crippen LogP contribution < -0.4 is 5.32 Å². The molecule has 0 bridgehead atoms. The molecule has 0 saturated heterocycles. The number of hydrogen-bond acceptors (Lipinski definition) is 2. The van der Waals surface area contributed by atoms with E-state index in [2.05, 4.69) is 11.9 Å². The van der Waals surface area contributed by atoms with Crippen LogP contribution in [0, 0.1) is 5.92 Å². The number of aliphatic hydroxyl groups excluding tert-OH is 1. The van der Waals surface area contributed by atoms with Gasteiger partial charge in [0.05, 0.1) is 6.04 Å². The lowest BCUT2D eigenvalue weighted by Gasteiger charge is -2.16. The molecule has 0 aliphatic carbocycles. The number of rotatable bonds is 5. The van der Waals surface area contributed by atoms with Crippen LogP contribution in [-0.4, -0.2) is 17.6 Å². The highest BCUT2D eigenvalue weighted by Crippen LogP contribution is 2.08. The van der Waals surface area contributed by atoms with E-state index in [4.69, 9.17) is 5.11 Å². The summed E-state index contributed by atoms with van der Waals surface area (Å²) in [5.41, 5.74) is 0. The van der Waals surface area contributed by atoms with Gasteiger partial charge in [0.25, 0.3) is 0 Å². The summed E-state index contributed by atoms with van der Waals surface area (Å²) in [6.07, 6.45) is 1.29. The fourth-order valence-electron chi connectivity index (χ4n) is 0.854. The Bertz CT molecular complexity index is 143. The maximum Gasteiger partial charge on any atom is 0.207 e. The number of carbonyl (C=O) groups is 1. The van der Waals surface area contributed by atoms with Crippen molar-refractivity contribution < 1.29 is 9.90 Å². The molecule has 0 aromatic heterocycles. The lowest BCUT2D eigenvalue weighted by Crippen LogP contribution is -2.30. The highest BCUT2D eigenvalue weighted by atomic mass is 16.3. The van der Waals surface area contributed by atoms with Crippen LogP contribution in [0.3, 0.4) is 0 Å². The smallest absolute Gasteiger partial charge is 0.207 e. The van der Waals surface area contributed by atoms with Crippen LogP contribution in [0.4, 0.5) is 0 Å². The average Bonchev–Trinajstić information content (AvgIpc) is 1.86. The first kappa shape index (κ1) is 10.0. The number of nitrogens with one attached hydrogen (secondary N) is 1. The molecule has 0 spiro atoms. The van der Waals surface area contributed by atoms with E-state index >= 15 is 0 Å². The van der Waals surface area contributed by atoms with Crippen molar-refractivity contribution in [2.24, 2.45) is 5.92 Å². The number of aliphatic hydroxyl groups is 1. The molecule has 0 aliphatic heterocycles. The van der Waals surface area contributed by atoms with Crippen molar-refractivity contribution >= 4 is 6.41 Å². The van der Waals surface area contributed by atoms with E-state index in [0.29, 0.717) is 18.7 Å². The predicted octanol–water partition coefficient (Wildman–Crippen LogP) is 1.22. The lowest BCUT2D eigenvalue weighted by atomic mass is 10.0. The third-order valence-electron chi connectivity index (χ3n) is 1.38. The van der Waals surface area contributed by atoms with E-state index in [1.165, 1.54) is 0 Å². The van der Waals surface area contributed by atoms with E-state index in [1.54, 1.807) is 0 Å². The average molecular weight is 157 g/mol. The second-order valence-corrected chi connectivity index (χ2v) is 2.96. The Morgan fingerprint density at radius 3 is 2.55 bits per heavy atom. The summed E-state index contributed by atoms with van der Waals surface area (Å²) in [5, 5.41) is 11.5. The van der Waals surface area contributed by atoms with Crippen molar-refractivity contribution in [3.63, 3.8) is 0 Å². The van der Waals surface area contributed by atoms with E-state index in [-0.39, 0.29) is 11.8 Å². The second-order valence-electron chi connectivity index (χ2n) is 2.96. The molecule has 0 aliphatic rings. The van der Waals surface area contributed by atoms with Gasteiger partial charge in [-0.05, 0) is 12.3 Å². The Kier molecular flexibility index (Phi) is 4.34. The van der Waals surface area contributed by atoms with Crippen molar-refractivity contribution in [3.8, 4) is 0 Å². The molecule has 1 atom stereocenters. The lowest BCUT2D eigenvalue weighted by molar-refractivity contribution is -0.110. The summed E-state index contributed by atoms with van der Waals surface area (Å²) in [6.45, 7) is 7.39. The largest absolute Gasteiger partial charge is 0.511 e. The van der Waals surface area contributed by atoms with E-state index < -0.39 is 0 Å². The first-order valence-corrected chi connectivity index (χ1v) is 3.65. The van der Waals surface area contributed by atoms with Gasteiger partial charge in [-0.2, -0.15) is 0 Å². The van der Waals surface area contributed by atoms with Crippen molar-refractivity contribution in [1.82, 2.24) is 5.32 Å². The molecule has 11 heavy (non-hydrogen) atoms. The highest BCUT2D eigenvalue weighted by molar-refractivity contribution is 5.47. The van der Waals surface area contributed by atoms with Crippen LogP contribution in [0.5, 0.6) is 0 Å². The Labute approximate surface area is 67.1 Å². The summed E-state index contributed by atoms with van der Waals surface area (Å²) in [7, 11) is 0. The van der Waals surface area contributed by atoms with Crippen LogP contribution in [0.25, 0.3) is 0 Å². The fraction of sp³-hybridized carbons (Fsp3) is 0.625. The maximum atomic E-state index is 10.0. The Balaban J connectivity index is 3.88. The molecule has 0 saturated carbocycles. The summed E-state index contributed by atoms with van der Waals surface area (Å²) in [5.74, 6) is 0.446. The van der Waals surface area contributed by atoms with Gasteiger partial charge in [-0.15, -0.1) is 0 Å². The quantitative estimate of drug-likeness (QED) is 0.465. The molecule has 0 fully saturated rings. The third-order valence-corrected chi connectivity index (χ3v) is 1.38. The monoisotopic (exact) mass is 157 g/mol. The SMILES string of the molecule is C=C(O)[C@H](CC(C)C)NC=O. The molecule has 0 aromatic rings. The standard InChI is InChI=1S/C8H15NO2/c1-6(2)4-8(7(3)11)9-5-10/h5-6,8,11H,3-4H2,1-2H3,(H,9,10)/t8-/m0/s1. The highest BCUT2D eigenvalue weighted by Gasteiger charge is 2.11. The van der Waals surface area contributed by atoms with Gasteiger partial charge in [0, 0.05) is 0 Å². The molecule has 3 heteroatoms. The Morgan fingerprint density at radius 2 is 2.27 bits per heavy atom. The molecule has 64 valence electrons. The predicted molar refractivity (Wildman–Crippen MR) is 44.2 cm³/mol. The minimum absolute atomic E-state index is 0.0193. The second kappa shape index (κ2) is 4.77.